The molecule has 0 aliphatic carbocycles. The summed E-state index contributed by atoms with van der Waals surface area (Å²) in [6.45, 7) is 4.15. The number of halogens is 1. The minimum Gasteiger partial charge on any atom is -0.317 e. The zero-order valence-electron chi connectivity index (χ0n) is 9.22. The van der Waals surface area contributed by atoms with Crippen LogP contribution in [0.25, 0.3) is 0 Å². The minimum atomic E-state index is -0.0338. The molecule has 0 aromatic heterocycles. The molecule has 0 saturated carbocycles. The molecule has 1 saturated heterocycles. The summed E-state index contributed by atoms with van der Waals surface area (Å²) in [4.78, 5) is 0. The maximum Gasteiger partial charge on any atom is 0.126 e. The molecule has 2 heteroatoms. The Bertz CT molecular complexity index is 329. The van der Waals surface area contributed by atoms with Crippen LogP contribution in [-0.4, -0.2) is 13.1 Å². The fraction of sp³-hybridized carbons (Fsp3) is 0.538. The van der Waals surface area contributed by atoms with E-state index in [1.165, 1.54) is 5.56 Å². The molecule has 0 spiro atoms. The van der Waals surface area contributed by atoms with Gasteiger partial charge in [0.15, 0.2) is 0 Å². The van der Waals surface area contributed by atoms with Gasteiger partial charge in [-0.3, -0.25) is 0 Å². The van der Waals surface area contributed by atoms with Crippen molar-refractivity contribution in [1.29, 1.82) is 0 Å². The number of hydrogen-bond acceptors (Lipinski definition) is 1. The van der Waals surface area contributed by atoms with E-state index in [1.807, 2.05) is 13.0 Å². The first-order valence-corrected chi connectivity index (χ1v) is 5.81. The van der Waals surface area contributed by atoms with Crippen molar-refractivity contribution in [1.82, 2.24) is 5.32 Å². The zero-order valence-corrected chi connectivity index (χ0v) is 9.22. The molecule has 15 heavy (non-hydrogen) atoms. The van der Waals surface area contributed by atoms with Crippen molar-refractivity contribution >= 4 is 0 Å². The van der Waals surface area contributed by atoms with E-state index in [1.54, 1.807) is 6.07 Å². The second-order valence-electron chi connectivity index (χ2n) is 4.19. The molecule has 1 heterocycles. The van der Waals surface area contributed by atoms with Crippen molar-refractivity contribution in [2.45, 2.75) is 32.1 Å². The summed E-state index contributed by atoms with van der Waals surface area (Å²) in [7, 11) is 0. The Labute approximate surface area is 90.7 Å². The van der Waals surface area contributed by atoms with Crippen LogP contribution in [-0.2, 0) is 6.42 Å². The Morgan fingerprint density at radius 1 is 1.33 bits per heavy atom. The van der Waals surface area contributed by atoms with Gasteiger partial charge in [-0.05, 0) is 55.5 Å². The van der Waals surface area contributed by atoms with Crippen LogP contribution >= 0.6 is 0 Å². The summed E-state index contributed by atoms with van der Waals surface area (Å²) < 4.78 is 13.6. The Balaban J connectivity index is 2.29. The van der Waals surface area contributed by atoms with Gasteiger partial charge in [0.05, 0.1) is 0 Å². The van der Waals surface area contributed by atoms with Gasteiger partial charge in [0.25, 0.3) is 0 Å². The topological polar surface area (TPSA) is 12.0 Å². The highest BCUT2D eigenvalue weighted by Gasteiger charge is 2.18. The first-order chi connectivity index (χ1) is 7.33. The van der Waals surface area contributed by atoms with Crippen molar-refractivity contribution in [2.24, 2.45) is 0 Å². The molecule has 0 unspecified atom stereocenters. The Morgan fingerprint density at radius 3 is 2.73 bits per heavy atom. The van der Waals surface area contributed by atoms with Crippen molar-refractivity contribution < 1.29 is 4.39 Å². The fourth-order valence-electron chi connectivity index (χ4n) is 2.46. The van der Waals surface area contributed by atoms with E-state index in [9.17, 15) is 4.39 Å². The zero-order chi connectivity index (χ0) is 10.7. The minimum absolute atomic E-state index is 0.0338. The van der Waals surface area contributed by atoms with E-state index in [-0.39, 0.29) is 5.82 Å². The van der Waals surface area contributed by atoms with Crippen molar-refractivity contribution in [3.63, 3.8) is 0 Å². The van der Waals surface area contributed by atoms with Gasteiger partial charge in [-0.1, -0.05) is 19.1 Å². The van der Waals surface area contributed by atoms with Crippen molar-refractivity contribution in [3.05, 3.63) is 35.1 Å². The van der Waals surface area contributed by atoms with E-state index < -0.39 is 0 Å². The second-order valence-corrected chi connectivity index (χ2v) is 4.19. The van der Waals surface area contributed by atoms with Crippen LogP contribution in [0.2, 0.25) is 0 Å². The van der Waals surface area contributed by atoms with Crippen LogP contribution in [0.3, 0.4) is 0 Å². The van der Waals surface area contributed by atoms with Crippen molar-refractivity contribution in [3.8, 4) is 0 Å². The van der Waals surface area contributed by atoms with E-state index in [0.29, 0.717) is 5.92 Å². The van der Waals surface area contributed by atoms with Crippen molar-refractivity contribution in [2.75, 3.05) is 13.1 Å². The van der Waals surface area contributed by atoms with Crippen LogP contribution in [0, 0.1) is 5.82 Å². The van der Waals surface area contributed by atoms with Crippen LogP contribution in [0.1, 0.15) is 36.8 Å². The standard InChI is InChI=1S/C13H18FN/c1-2-11-12(4-3-5-13(11)14)10-6-8-15-9-7-10/h3-5,10,15H,2,6-9H2,1H3. The molecule has 1 aliphatic heterocycles. The lowest BCUT2D eigenvalue weighted by Crippen LogP contribution is -2.27. The first-order valence-electron chi connectivity index (χ1n) is 5.81. The quantitative estimate of drug-likeness (QED) is 0.786. The summed E-state index contributed by atoms with van der Waals surface area (Å²) in [5.41, 5.74) is 2.16. The van der Waals surface area contributed by atoms with Gasteiger partial charge >= 0.3 is 0 Å². The largest absolute Gasteiger partial charge is 0.317 e. The average molecular weight is 207 g/mol. The summed E-state index contributed by atoms with van der Waals surface area (Å²) in [5.74, 6) is 0.519. The molecule has 0 radical (unpaired) electrons. The summed E-state index contributed by atoms with van der Waals surface area (Å²) in [5, 5.41) is 3.34. The van der Waals surface area contributed by atoms with Gasteiger partial charge in [-0.15, -0.1) is 0 Å². The Kier molecular flexibility index (Phi) is 3.37. The molecular weight excluding hydrogens is 189 g/mol. The Morgan fingerprint density at radius 2 is 2.07 bits per heavy atom. The number of nitrogens with one attached hydrogen (secondary N) is 1. The molecule has 1 aromatic carbocycles. The van der Waals surface area contributed by atoms with E-state index in [2.05, 4.69) is 11.4 Å². The monoisotopic (exact) mass is 207 g/mol. The predicted octanol–water partition coefficient (Wildman–Crippen LogP) is 2.86. The molecular formula is C13H18FN. The maximum atomic E-state index is 13.6. The first kappa shape index (κ1) is 10.6. The van der Waals surface area contributed by atoms with E-state index >= 15 is 0 Å². The van der Waals surface area contributed by atoms with E-state index in [4.69, 9.17) is 0 Å². The molecule has 0 atom stereocenters. The molecule has 1 aromatic rings. The van der Waals surface area contributed by atoms with Crippen LogP contribution in [0.5, 0.6) is 0 Å². The lowest BCUT2D eigenvalue weighted by Gasteiger charge is -2.25. The number of piperidine rings is 1. The molecule has 0 amide bonds. The third kappa shape index (κ3) is 2.20. The van der Waals surface area contributed by atoms with Gasteiger partial charge < -0.3 is 5.32 Å². The molecule has 1 fully saturated rings. The SMILES string of the molecule is CCc1c(F)cccc1C1CCNCC1. The molecule has 1 aliphatic rings. The highest BCUT2D eigenvalue weighted by molar-refractivity contribution is 5.32. The highest BCUT2D eigenvalue weighted by Crippen LogP contribution is 2.29. The summed E-state index contributed by atoms with van der Waals surface area (Å²) in [6.07, 6.45) is 3.07. The van der Waals surface area contributed by atoms with Gasteiger partial charge in [0, 0.05) is 0 Å². The third-order valence-corrected chi connectivity index (χ3v) is 3.29. The lowest BCUT2D eigenvalue weighted by molar-refractivity contribution is 0.455. The Hall–Kier alpha value is -0.890. The van der Waals surface area contributed by atoms with Crippen LogP contribution in [0.15, 0.2) is 18.2 Å². The second kappa shape index (κ2) is 4.75. The molecule has 1 nitrogen and oxygen atoms in total. The fourth-order valence-corrected chi connectivity index (χ4v) is 2.46. The van der Waals surface area contributed by atoms with E-state index in [0.717, 1.165) is 37.9 Å². The average Bonchev–Trinajstić information content (AvgIpc) is 2.30. The molecule has 1 N–H and O–H groups in total. The molecule has 2 rings (SSSR count). The number of hydrogen-bond donors (Lipinski definition) is 1. The normalized spacial score (nSPS) is 18.0. The van der Waals surface area contributed by atoms with Gasteiger partial charge in [-0.2, -0.15) is 0 Å². The van der Waals surface area contributed by atoms with Crippen LogP contribution in [0.4, 0.5) is 4.39 Å². The van der Waals surface area contributed by atoms with Gasteiger partial charge in [0.2, 0.25) is 0 Å². The molecule has 0 bridgehead atoms. The third-order valence-electron chi connectivity index (χ3n) is 3.29. The van der Waals surface area contributed by atoms with Gasteiger partial charge in [0.1, 0.15) is 5.82 Å². The highest BCUT2D eigenvalue weighted by atomic mass is 19.1. The molecule has 82 valence electrons. The lowest BCUT2D eigenvalue weighted by atomic mass is 9.86. The predicted molar refractivity (Wildman–Crippen MR) is 60.6 cm³/mol. The van der Waals surface area contributed by atoms with Crippen LogP contribution < -0.4 is 5.32 Å². The smallest absolute Gasteiger partial charge is 0.126 e. The number of benzene rings is 1. The summed E-state index contributed by atoms with van der Waals surface area (Å²) in [6, 6.07) is 5.51. The number of rotatable bonds is 2. The van der Waals surface area contributed by atoms with Gasteiger partial charge in [-0.25, -0.2) is 4.39 Å². The summed E-state index contributed by atoms with van der Waals surface area (Å²) >= 11 is 0. The maximum absolute atomic E-state index is 13.6.